The van der Waals surface area contributed by atoms with E-state index < -0.39 is 26.0 Å². The van der Waals surface area contributed by atoms with Gasteiger partial charge in [-0.25, -0.2) is 8.42 Å². The Labute approximate surface area is 113 Å². The van der Waals surface area contributed by atoms with Gasteiger partial charge in [0.05, 0.1) is 10.5 Å². The first-order valence-electron chi connectivity index (χ1n) is 5.85. The maximum absolute atomic E-state index is 12.2. The Morgan fingerprint density at radius 2 is 1.78 bits per heavy atom. The third-order valence-corrected chi connectivity index (χ3v) is 6.19. The Kier molecular flexibility index (Phi) is 4.07. The lowest BCUT2D eigenvalue weighted by atomic mass is 9.96. The van der Waals surface area contributed by atoms with Crippen LogP contribution in [0.5, 0.6) is 0 Å². The molecule has 7 heteroatoms. The fraction of sp³-hybridized carbons (Fsp3) is 0.818. The van der Waals surface area contributed by atoms with Gasteiger partial charge in [-0.2, -0.15) is 0 Å². The minimum Gasteiger partial charge on any atom is -0.391 e. The summed E-state index contributed by atoms with van der Waals surface area (Å²) < 4.78 is 21.8. The van der Waals surface area contributed by atoms with Gasteiger partial charge in [-0.1, -0.05) is 25.1 Å². The summed E-state index contributed by atoms with van der Waals surface area (Å²) in [6, 6.07) is 0. The van der Waals surface area contributed by atoms with Crippen molar-refractivity contribution < 1.29 is 13.2 Å². The van der Waals surface area contributed by atoms with E-state index in [1.54, 1.807) is 0 Å². The van der Waals surface area contributed by atoms with Crippen molar-refractivity contribution in [1.82, 2.24) is 5.32 Å². The van der Waals surface area contributed by atoms with Gasteiger partial charge < -0.3 is 11.1 Å². The van der Waals surface area contributed by atoms with Crippen LogP contribution in [0.2, 0.25) is 0 Å². The van der Waals surface area contributed by atoms with Crippen LogP contribution in [-0.2, 0) is 14.6 Å². The standard InChI is InChI=1S/C11H20N2O3S2/c1-10(2,18(3,15)16)9(14)13-11(8(12)17)6-4-5-7-11/h4-7H2,1-3H3,(H2,12,17)(H,13,14). The molecule has 0 atom stereocenters. The number of hydrogen-bond donors (Lipinski definition) is 2. The third kappa shape index (κ3) is 2.66. The summed E-state index contributed by atoms with van der Waals surface area (Å²) in [7, 11) is -3.49. The quantitative estimate of drug-likeness (QED) is 0.738. The Morgan fingerprint density at radius 3 is 2.11 bits per heavy atom. The number of carbonyl (C=O) groups excluding carboxylic acids is 1. The summed E-state index contributed by atoms with van der Waals surface area (Å²) >= 11 is 5.02. The maximum atomic E-state index is 12.2. The first-order valence-corrected chi connectivity index (χ1v) is 8.15. The highest BCUT2D eigenvalue weighted by Gasteiger charge is 2.45. The summed E-state index contributed by atoms with van der Waals surface area (Å²) in [5.41, 5.74) is 4.99. The van der Waals surface area contributed by atoms with E-state index in [1.807, 2.05) is 0 Å². The minimum absolute atomic E-state index is 0.234. The molecule has 1 fully saturated rings. The van der Waals surface area contributed by atoms with E-state index in [0.29, 0.717) is 12.8 Å². The van der Waals surface area contributed by atoms with Crippen LogP contribution in [-0.4, -0.2) is 35.9 Å². The fourth-order valence-electron chi connectivity index (χ4n) is 1.95. The lowest BCUT2D eigenvalue weighted by molar-refractivity contribution is -0.124. The van der Waals surface area contributed by atoms with Crippen molar-refractivity contribution >= 4 is 33.0 Å². The van der Waals surface area contributed by atoms with Crippen molar-refractivity contribution in [3.05, 3.63) is 0 Å². The zero-order valence-electron chi connectivity index (χ0n) is 10.9. The number of amides is 1. The maximum Gasteiger partial charge on any atom is 0.241 e. The predicted molar refractivity (Wildman–Crippen MR) is 75.0 cm³/mol. The van der Waals surface area contributed by atoms with Gasteiger partial charge in [0.1, 0.15) is 4.75 Å². The normalized spacial score (nSPS) is 19.5. The Morgan fingerprint density at radius 1 is 1.33 bits per heavy atom. The first-order chi connectivity index (χ1) is 8.03. The van der Waals surface area contributed by atoms with Crippen molar-refractivity contribution in [2.45, 2.75) is 49.8 Å². The highest BCUT2D eigenvalue weighted by atomic mass is 32.2. The Hall–Kier alpha value is -0.690. The van der Waals surface area contributed by atoms with E-state index in [9.17, 15) is 13.2 Å². The fourth-order valence-corrected chi connectivity index (χ4v) is 2.59. The van der Waals surface area contributed by atoms with Gasteiger partial charge in [-0.3, -0.25) is 4.79 Å². The van der Waals surface area contributed by atoms with Crippen molar-refractivity contribution in [1.29, 1.82) is 0 Å². The van der Waals surface area contributed by atoms with E-state index in [4.69, 9.17) is 18.0 Å². The average molecular weight is 292 g/mol. The number of rotatable bonds is 4. The van der Waals surface area contributed by atoms with E-state index in [-0.39, 0.29) is 4.99 Å². The van der Waals surface area contributed by atoms with Gasteiger partial charge in [0, 0.05) is 6.26 Å². The Bertz CT molecular complexity index is 463. The van der Waals surface area contributed by atoms with Gasteiger partial charge in [0.15, 0.2) is 9.84 Å². The lowest BCUT2D eigenvalue weighted by Gasteiger charge is -2.33. The highest BCUT2D eigenvalue weighted by molar-refractivity contribution is 7.92. The zero-order valence-corrected chi connectivity index (χ0v) is 12.6. The van der Waals surface area contributed by atoms with Crippen molar-refractivity contribution in [2.75, 3.05) is 6.26 Å². The molecule has 0 unspecified atom stereocenters. The molecular weight excluding hydrogens is 272 g/mol. The molecule has 0 aromatic heterocycles. The van der Waals surface area contributed by atoms with Crippen LogP contribution in [0, 0.1) is 0 Å². The van der Waals surface area contributed by atoms with E-state index in [1.165, 1.54) is 13.8 Å². The van der Waals surface area contributed by atoms with Gasteiger partial charge in [0.25, 0.3) is 0 Å². The molecule has 0 aromatic carbocycles. The molecule has 1 rings (SSSR count). The van der Waals surface area contributed by atoms with Crippen molar-refractivity contribution in [2.24, 2.45) is 5.73 Å². The van der Waals surface area contributed by atoms with E-state index in [2.05, 4.69) is 5.32 Å². The SMILES string of the molecule is CC(C)(C(=O)NC1(C(N)=S)CCCC1)S(C)(=O)=O. The first kappa shape index (κ1) is 15.4. The van der Waals surface area contributed by atoms with Crippen LogP contribution in [0.4, 0.5) is 0 Å². The molecule has 104 valence electrons. The minimum atomic E-state index is -3.49. The molecule has 1 amide bonds. The zero-order chi connectivity index (χ0) is 14.2. The number of hydrogen-bond acceptors (Lipinski definition) is 4. The number of thiocarbonyl (C=S) groups is 1. The molecule has 0 radical (unpaired) electrons. The van der Waals surface area contributed by atoms with Crippen LogP contribution in [0.15, 0.2) is 0 Å². The van der Waals surface area contributed by atoms with Crippen LogP contribution >= 0.6 is 12.2 Å². The molecule has 5 nitrogen and oxygen atoms in total. The molecule has 0 aliphatic heterocycles. The highest BCUT2D eigenvalue weighted by Crippen LogP contribution is 2.31. The molecular formula is C11H20N2O3S2. The number of nitrogens with two attached hydrogens (primary N) is 1. The molecule has 18 heavy (non-hydrogen) atoms. The molecule has 1 saturated carbocycles. The average Bonchev–Trinajstić information content (AvgIpc) is 2.65. The molecule has 0 heterocycles. The van der Waals surface area contributed by atoms with Gasteiger partial charge >= 0.3 is 0 Å². The number of carbonyl (C=O) groups is 1. The monoisotopic (exact) mass is 292 g/mol. The van der Waals surface area contributed by atoms with Crippen LogP contribution in [0.25, 0.3) is 0 Å². The van der Waals surface area contributed by atoms with Crippen molar-refractivity contribution in [3.8, 4) is 0 Å². The van der Waals surface area contributed by atoms with Crippen molar-refractivity contribution in [3.63, 3.8) is 0 Å². The second-order valence-corrected chi connectivity index (χ2v) is 8.39. The predicted octanol–water partition coefficient (Wildman–Crippen LogP) is 0.525. The Balaban J connectivity index is 2.97. The topological polar surface area (TPSA) is 89.3 Å². The number of nitrogens with one attached hydrogen (secondary N) is 1. The summed E-state index contributed by atoms with van der Waals surface area (Å²) in [5, 5.41) is 2.75. The van der Waals surface area contributed by atoms with Crippen LogP contribution in [0.1, 0.15) is 39.5 Å². The summed E-state index contributed by atoms with van der Waals surface area (Å²) in [4.78, 5) is 12.4. The van der Waals surface area contributed by atoms with Gasteiger partial charge in [-0.05, 0) is 26.7 Å². The van der Waals surface area contributed by atoms with E-state index >= 15 is 0 Å². The second-order valence-electron chi connectivity index (χ2n) is 5.39. The van der Waals surface area contributed by atoms with Crippen LogP contribution in [0.3, 0.4) is 0 Å². The lowest BCUT2D eigenvalue weighted by Crippen LogP contribution is -2.60. The molecule has 1 aliphatic carbocycles. The van der Waals surface area contributed by atoms with Gasteiger partial charge in [0.2, 0.25) is 5.91 Å². The summed E-state index contributed by atoms with van der Waals surface area (Å²) in [6.45, 7) is 2.78. The molecule has 1 aliphatic rings. The number of sulfone groups is 1. The molecule has 0 spiro atoms. The van der Waals surface area contributed by atoms with Gasteiger partial charge in [-0.15, -0.1) is 0 Å². The van der Waals surface area contributed by atoms with E-state index in [0.717, 1.165) is 19.1 Å². The molecule has 0 aromatic rings. The summed E-state index contributed by atoms with van der Waals surface area (Å²) in [5.74, 6) is -0.542. The smallest absolute Gasteiger partial charge is 0.241 e. The summed E-state index contributed by atoms with van der Waals surface area (Å²) in [6.07, 6.45) is 4.25. The molecule has 0 bridgehead atoms. The molecule has 3 N–H and O–H groups in total. The van der Waals surface area contributed by atoms with Crippen LogP contribution < -0.4 is 11.1 Å². The third-order valence-electron chi connectivity index (χ3n) is 3.76. The largest absolute Gasteiger partial charge is 0.391 e. The molecule has 0 saturated heterocycles. The second kappa shape index (κ2) is 4.77.